The monoisotopic (exact) mass is 411 g/mol. The minimum atomic E-state index is 0.299. The van der Waals surface area contributed by atoms with E-state index < -0.39 is 0 Å². The summed E-state index contributed by atoms with van der Waals surface area (Å²) >= 11 is 1.71. The van der Waals surface area contributed by atoms with Gasteiger partial charge in [-0.05, 0) is 64.3 Å². The lowest BCUT2D eigenvalue weighted by atomic mass is 9.96. The molecule has 4 rings (SSSR count). The molecule has 0 saturated carbocycles. The Labute approximate surface area is 176 Å². The first-order valence-corrected chi connectivity index (χ1v) is 11.1. The number of aromatic nitrogens is 3. The van der Waals surface area contributed by atoms with Crippen LogP contribution < -0.4 is 10.1 Å². The van der Waals surface area contributed by atoms with Crippen LogP contribution in [0.4, 0.5) is 5.69 Å². The molecule has 3 aromatic rings. The molecular weight excluding hydrogens is 382 g/mol. The fourth-order valence-corrected chi connectivity index (χ4v) is 4.85. The number of piperidine rings is 1. The molecule has 1 N–H and O–H groups in total. The lowest BCUT2D eigenvalue weighted by Crippen LogP contribution is -2.39. The van der Waals surface area contributed by atoms with Crippen molar-refractivity contribution >= 4 is 27.4 Å². The number of pyridine rings is 2. The van der Waals surface area contributed by atoms with Crippen LogP contribution in [0.1, 0.15) is 42.2 Å². The van der Waals surface area contributed by atoms with Gasteiger partial charge >= 0.3 is 0 Å². The van der Waals surface area contributed by atoms with Crippen molar-refractivity contribution in [2.24, 2.45) is 5.92 Å². The number of aryl methyl sites for hydroxylation is 2. The number of hydrogen-bond acceptors (Lipinski definition) is 7. The predicted molar refractivity (Wildman–Crippen MR) is 119 cm³/mol. The molecule has 0 aromatic carbocycles. The van der Waals surface area contributed by atoms with Gasteiger partial charge in [-0.25, -0.2) is 15.0 Å². The molecule has 1 aliphatic heterocycles. The molecule has 2 atom stereocenters. The molecule has 2 unspecified atom stereocenters. The summed E-state index contributed by atoms with van der Waals surface area (Å²) in [7, 11) is 1.66. The van der Waals surface area contributed by atoms with E-state index in [-0.39, 0.29) is 0 Å². The van der Waals surface area contributed by atoms with E-state index in [1.807, 2.05) is 19.9 Å². The maximum atomic E-state index is 5.29. The van der Waals surface area contributed by atoms with Crippen molar-refractivity contribution in [1.82, 2.24) is 19.9 Å². The number of thiazole rings is 1. The van der Waals surface area contributed by atoms with Crippen LogP contribution in [0.3, 0.4) is 0 Å². The lowest BCUT2D eigenvalue weighted by molar-refractivity contribution is 0.134. The van der Waals surface area contributed by atoms with Crippen molar-refractivity contribution in [3.05, 3.63) is 40.7 Å². The molecule has 29 heavy (non-hydrogen) atoms. The first-order chi connectivity index (χ1) is 14.0. The van der Waals surface area contributed by atoms with Crippen LogP contribution in [0.5, 0.6) is 5.88 Å². The number of fused-ring (bicyclic) bond motifs is 1. The van der Waals surface area contributed by atoms with E-state index in [9.17, 15) is 0 Å². The normalized spacial score (nSPS) is 18.7. The van der Waals surface area contributed by atoms with Gasteiger partial charge in [-0.15, -0.1) is 11.3 Å². The zero-order chi connectivity index (χ0) is 20.4. The standard InChI is InChI=1S/C22H29N5OS/c1-14-10-18(11-21(24-14)28-4)23-12-17-6-5-9-27(13-17)15(2)19-7-8-20-22(26-19)25-16(3)29-20/h7-8,10-11,15,17H,5-6,9,12-13H2,1-4H3,(H,23,24). The summed E-state index contributed by atoms with van der Waals surface area (Å²) in [5.74, 6) is 1.26. The van der Waals surface area contributed by atoms with Gasteiger partial charge < -0.3 is 10.1 Å². The largest absolute Gasteiger partial charge is 0.481 e. The molecule has 4 heterocycles. The molecule has 154 valence electrons. The second-order valence-electron chi connectivity index (χ2n) is 7.89. The van der Waals surface area contributed by atoms with Crippen molar-refractivity contribution in [2.45, 2.75) is 39.7 Å². The summed E-state index contributed by atoms with van der Waals surface area (Å²) in [6.45, 7) is 9.44. The van der Waals surface area contributed by atoms with Gasteiger partial charge in [0.05, 0.1) is 22.5 Å². The highest BCUT2D eigenvalue weighted by Gasteiger charge is 2.25. The Morgan fingerprint density at radius 3 is 2.93 bits per heavy atom. The Morgan fingerprint density at radius 2 is 2.10 bits per heavy atom. The fraction of sp³-hybridized carbons (Fsp3) is 0.500. The minimum Gasteiger partial charge on any atom is -0.481 e. The molecule has 0 aliphatic carbocycles. The molecule has 0 bridgehead atoms. The van der Waals surface area contributed by atoms with Gasteiger partial charge in [0.2, 0.25) is 5.88 Å². The van der Waals surface area contributed by atoms with Crippen molar-refractivity contribution < 1.29 is 4.74 Å². The highest BCUT2D eigenvalue weighted by atomic mass is 32.1. The highest BCUT2D eigenvalue weighted by Crippen LogP contribution is 2.28. The van der Waals surface area contributed by atoms with Crippen LogP contribution in [-0.4, -0.2) is 46.6 Å². The second kappa shape index (κ2) is 8.63. The van der Waals surface area contributed by atoms with Crippen LogP contribution in [0.2, 0.25) is 0 Å². The molecule has 0 spiro atoms. The maximum Gasteiger partial charge on any atom is 0.215 e. The zero-order valence-corrected chi connectivity index (χ0v) is 18.4. The van der Waals surface area contributed by atoms with Gasteiger partial charge in [0.15, 0.2) is 5.65 Å². The van der Waals surface area contributed by atoms with Crippen LogP contribution in [0.25, 0.3) is 10.3 Å². The summed E-state index contributed by atoms with van der Waals surface area (Å²) < 4.78 is 6.46. The highest BCUT2D eigenvalue weighted by molar-refractivity contribution is 7.18. The Balaban J connectivity index is 1.40. The van der Waals surface area contributed by atoms with Gasteiger partial charge in [0.25, 0.3) is 0 Å². The van der Waals surface area contributed by atoms with E-state index in [2.05, 4.69) is 45.3 Å². The smallest absolute Gasteiger partial charge is 0.215 e. The van der Waals surface area contributed by atoms with Crippen molar-refractivity contribution in [2.75, 3.05) is 32.1 Å². The van der Waals surface area contributed by atoms with E-state index in [1.54, 1.807) is 18.4 Å². The van der Waals surface area contributed by atoms with Gasteiger partial charge in [0, 0.05) is 36.6 Å². The Kier molecular flexibility index (Phi) is 5.96. The number of hydrogen-bond donors (Lipinski definition) is 1. The van der Waals surface area contributed by atoms with Crippen molar-refractivity contribution in [1.29, 1.82) is 0 Å². The SMILES string of the molecule is COc1cc(NCC2CCCN(C(C)c3ccc4sc(C)nc4n3)C2)cc(C)n1. The minimum absolute atomic E-state index is 0.299. The summed E-state index contributed by atoms with van der Waals surface area (Å²) in [4.78, 5) is 16.3. The topological polar surface area (TPSA) is 63.2 Å². The third-order valence-electron chi connectivity index (χ3n) is 5.64. The Morgan fingerprint density at radius 1 is 1.24 bits per heavy atom. The first-order valence-electron chi connectivity index (χ1n) is 10.3. The quantitative estimate of drug-likeness (QED) is 0.640. The number of likely N-dealkylation sites (tertiary alicyclic amines) is 1. The van der Waals surface area contributed by atoms with Crippen LogP contribution in [0, 0.1) is 19.8 Å². The molecule has 0 amide bonds. The zero-order valence-electron chi connectivity index (χ0n) is 17.6. The molecule has 0 radical (unpaired) electrons. The van der Waals surface area contributed by atoms with E-state index >= 15 is 0 Å². The maximum absolute atomic E-state index is 5.29. The Bertz CT molecular complexity index is 988. The summed E-state index contributed by atoms with van der Waals surface area (Å²) in [6.07, 6.45) is 2.46. The van der Waals surface area contributed by atoms with E-state index in [4.69, 9.17) is 9.72 Å². The van der Waals surface area contributed by atoms with E-state index in [1.165, 1.54) is 17.5 Å². The average molecular weight is 412 g/mol. The van der Waals surface area contributed by atoms with Gasteiger partial charge in [-0.2, -0.15) is 0 Å². The molecule has 3 aromatic heterocycles. The fourth-order valence-electron chi connectivity index (χ4n) is 4.08. The third kappa shape index (κ3) is 4.67. The number of rotatable bonds is 6. The average Bonchev–Trinajstić information content (AvgIpc) is 3.10. The number of anilines is 1. The lowest BCUT2D eigenvalue weighted by Gasteiger charge is -2.36. The molecule has 1 saturated heterocycles. The number of methoxy groups -OCH3 is 1. The van der Waals surface area contributed by atoms with E-state index in [0.29, 0.717) is 17.8 Å². The molecule has 1 fully saturated rings. The number of nitrogens with one attached hydrogen (secondary N) is 1. The molecule has 7 heteroatoms. The molecular formula is C22H29N5OS. The Hall–Kier alpha value is -2.25. The first kappa shape index (κ1) is 20.0. The molecule has 6 nitrogen and oxygen atoms in total. The summed E-state index contributed by atoms with van der Waals surface area (Å²) in [6, 6.07) is 8.67. The summed E-state index contributed by atoms with van der Waals surface area (Å²) in [5, 5.41) is 4.66. The third-order valence-corrected chi connectivity index (χ3v) is 6.57. The van der Waals surface area contributed by atoms with Crippen LogP contribution in [0.15, 0.2) is 24.3 Å². The van der Waals surface area contributed by atoms with Gasteiger partial charge in [0.1, 0.15) is 0 Å². The van der Waals surface area contributed by atoms with Crippen molar-refractivity contribution in [3.8, 4) is 5.88 Å². The van der Waals surface area contributed by atoms with E-state index in [0.717, 1.165) is 47.4 Å². The van der Waals surface area contributed by atoms with Crippen LogP contribution >= 0.6 is 11.3 Å². The summed E-state index contributed by atoms with van der Waals surface area (Å²) in [5.41, 5.74) is 4.04. The second-order valence-corrected chi connectivity index (χ2v) is 9.13. The predicted octanol–water partition coefficient (Wildman–Crippen LogP) is 4.60. The van der Waals surface area contributed by atoms with Crippen molar-refractivity contribution in [3.63, 3.8) is 0 Å². The van der Waals surface area contributed by atoms with Gasteiger partial charge in [-0.1, -0.05) is 0 Å². The number of ether oxygens (including phenoxy) is 1. The molecule has 1 aliphatic rings. The number of nitrogens with zero attached hydrogens (tertiary/aromatic N) is 4. The van der Waals surface area contributed by atoms with Crippen LogP contribution in [-0.2, 0) is 0 Å². The van der Waals surface area contributed by atoms with Gasteiger partial charge in [-0.3, -0.25) is 4.90 Å².